The minimum Gasteiger partial charge on any atom is -0.308 e. The highest BCUT2D eigenvalue weighted by Crippen LogP contribution is 2.29. The van der Waals surface area contributed by atoms with Crippen molar-refractivity contribution in [3.8, 4) is 0 Å². The van der Waals surface area contributed by atoms with Crippen LogP contribution in [0.4, 0.5) is 0 Å². The highest BCUT2D eigenvalue weighted by Gasteiger charge is 2.37. The third kappa shape index (κ3) is 2.27. The van der Waals surface area contributed by atoms with Crippen molar-refractivity contribution in [1.29, 1.82) is 0 Å². The second-order valence-corrected chi connectivity index (χ2v) is 5.93. The van der Waals surface area contributed by atoms with Crippen LogP contribution < -0.4 is 5.32 Å². The lowest BCUT2D eigenvalue weighted by Gasteiger charge is -2.50. The number of hydrogen-bond donors (Lipinski definition) is 1. The predicted octanol–water partition coefficient (Wildman–Crippen LogP) is 1.40. The number of hydrogen-bond acceptors (Lipinski definition) is 4. The quantitative estimate of drug-likeness (QED) is 0.872. The van der Waals surface area contributed by atoms with Crippen LogP contribution in [0, 0.1) is 0 Å². The molecule has 3 aliphatic heterocycles. The fourth-order valence-corrected chi connectivity index (χ4v) is 3.95. The lowest BCUT2D eigenvalue weighted by atomic mass is 9.99. The van der Waals surface area contributed by atoms with Crippen molar-refractivity contribution < 1.29 is 0 Å². The van der Waals surface area contributed by atoms with Crippen LogP contribution in [0.5, 0.6) is 0 Å². The number of fused-ring (bicyclic) bond motifs is 3. The summed E-state index contributed by atoms with van der Waals surface area (Å²) >= 11 is 1.88. The third-order valence-electron chi connectivity index (χ3n) is 3.98. The Morgan fingerprint density at radius 2 is 2.24 bits per heavy atom. The van der Waals surface area contributed by atoms with E-state index in [9.17, 15) is 0 Å². The van der Waals surface area contributed by atoms with Crippen LogP contribution in [0.1, 0.15) is 17.8 Å². The fourth-order valence-electron chi connectivity index (χ4n) is 3.09. The lowest BCUT2D eigenvalue weighted by molar-refractivity contribution is -0.00289. The van der Waals surface area contributed by atoms with E-state index in [1.54, 1.807) is 0 Å². The molecular formula is C13H21N3S. The van der Waals surface area contributed by atoms with Gasteiger partial charge in [0.25, 0.3) is 0 Å². The predicted molar refractivity (Wildman–Crippen MR) is 72.5 cm³/mol. The number of nitrogens with zero attached hydrogens (tertiary/aromatic N) is 2. The second kappa shape index (κ2) is 5.06. The minimum atomic E-state index is 0.517. The van der Waals surface area contributed by atoms with Crippen LogP contribution in [0.2, 0.25) is 0 Å². The Bertz CT molecular complexity index is 344. The van der Waals surface area contributed by atoms with Gasteiger partial charge < -0.3 is 5.32 Å². The zero-order valence-electron chi connectivity index (χ0n) is 10.4. The maximum absolute atomic E-state index is 3.68. The fraction of sp³-hybridized carbons (Fsp3) is 0.692. The van der Waals surface area contributed by atoms with Gasteiger partial charge in [-0.15, -0.1) is 11.3 Å². The summed E-state index contributed by atoms with van der Waals surface area (Å²) in [5.41, 5.74) is 0. The van der Waals surface area contributed by atoms with Crippen LogP contribution in [0.3, 0.4) is 0 Å². The molecular weight excluding hydrogens is 230 g/mol. The molecule has 0 radical (unpaired) electrons. The molecule has 0 saturated carbocycles. The minimum absolute atomic E-state index is 0.517. The Morgan fingerprint density at radius 1 is 1.41 bits per heavy atom. The largest absolute Gasteiger partial charge is 0.308 e. The van der Waals surface area contributed by atoms with E-state index in [0.717, 1.165) is 6.54 Å². The van der Waals surface area contributed by atoms with Gasteiger partial charge in [-0.2, -0.15) is 0 Å². The molecule has 2 bridgehead atoms. The average molecular weight is 251 g/mol. The van der Waals surface area contributed by atoms with Crippen LogP contribution in [0.25, 0.3) is 0 Å². The van der Waals surface area contributed by atoms with Gasteiger partial charge in [0, 0.05) is 43.6 Å². The van der Waals surface area contributed by atoms with Crippen molar-refractivity contribution in [1.82, 2.24) is 15.1 Å². The topological polar surface area (TPSA) is 18.5 Å². The van der Waals surface area contributed by atoms with Gasteiger partial charge in [0.2, 0.25) is 0 Å². The molecule has 1 aromatic heterocycles. The van der Waals surface area contributed by atoms with Crippen LogP contribution >= 0.6 is 11.3 Å². The molecule has 0 spiro atoms. The normalized spacial score (nSPS) is 33.8. The molecule has 3 saturated heterocycles. The summed E-state index contributed by atoms with van der Waals surface area (Å²) in [6.07, 6.45) is 0. The van der Waals surface area contributed by atoms with E-state index in [4.69, 9.17) is 0 Å². The Labute approximate surface area is 107 Å². The summed E-state index contributed by atoms with van der Waals surface area (Å²) < 4.78 is 0. The van der Waals surface area contributed by atoms with Gasteiger partial charge in [0.1, 0.15) is 0 Å². The van der Waals surface area contributed by atoms with Gasteiger partial charge in [-0.3, -0.25) is 9.80 Å². The first-order chi connectivity index (χ1) is 8.38. The van der Waals surface area contributed by atoms with Gasteiger partial charge in [0.15, 0.2) is 0 Å². The van der Waals surface area contributed by atoms with Crippen molar-refractivity contribution >= 4 is 11.3 Å². The van der Waals surface area contributed by atoms with E-state index >= 15 is 0 Å². The zero-order chi connectivity index (χ0) is 11.7. The molecule has 3 nitrogen and oxygen atoms in total. The van der Waals surface area contributed by atoms with Gasteiger partial charge in [-0.05, 0) is 18.0 Å². The summed E-state index contributed by atoms with van der Waals surface area (Å²) in [5, 5.41) is 5.87. The number of likely N-dealkylation sites (N-methyl/N-ethyl adjacent to an activating group) is 1. The van der Waals surface area contributed by atoms with Gasteiger partial charge in [-0.25, -0.2) is 0 Å². The first-order valence-electron chi connectivity index (χ1n) is 6.61. The van der Waals surface area contributed by atoms with Crippen molar-refractivity contribution in [3.05, 3.63) is 22.4 Å². The third-order valence-corrected chi connectivity index (χ3v) is 4.94. The first kappa shape index (κ1) is 11.7. The van der Waals surface area contributed by atoms with Crippen molar-refractivity contribution in [2.24, 2.45) is 0 Å². The molecule has 4 rings (SSSR count). The molecule has 2 unspecified atom stereocenters. The zero-order valence-corrected chi connectivity index (χ0v) is 11.2. The Hall–Kier alpha value is -0.420. The summed E-state index contributed by atoms with van der Waals surface area (Å²) in [6, 6.07) is 5.62. The maximum atomic E-state index is 3.68. The van der Waals surface area contributed by atoms with Gasteiger partial charge in [-0.1, -0.05) is 13.0 Å². The highest BCUT2D eigenvalue weighted by molar-refractivity contribution is 7.10. The molecule has 3 aliphatic rings. The summed E-state index contributed by atoms with van der Waals surface area (Å²) in [6.45, 7) is 9.51. The molecule has 17 heavy (non-hydrogen) atoms. The van der Waals surface area contributed by atoms with Gasteiger partial charge >= 0.3 is 0 Å². The van der Waals surface area contributed by atoms with E-state index in [2.05, 4.69) is 39.6 Å². The van der Waals surface area contributed by atoms with E-state index in [0.29, 0.717) is 12.1 Å². The molecule has 1 N–H and O–H groups in total. The molecule has 4 heterocycles. The molecule has 2 atom stereocenters. The number of nitrogens with one attached hydrogen (secondary N) is 1. The second-order valence-electron chi connectivity index (χ2n) is 4.95. The van der Waals surface area contributed by atoms with Crippen LogP contribution in [0.15, 0.2) is 17.5 Å². The number of thiophene rings is 1. The van der Waals surface area contributed by atoms with Crippen molar-refractivity contribution in [2.45, 2.75) is 19.0 Å². The van der Waals surface area contributed by atoms with Crippen LogP contribution in [-0.4, -0.2) is 55.1 Å². The molecule has 0 aliphatic carbocycles. The first-order valence-corrected chi connectivity index (χ1v) is 7.49. The van der Waals surface area contributed by atoms with E-state index in [-0.39, 0.29) is 0 Å². The Morgan fingerprint density at radius 3 is 2.76 bits per heavy atom. The maximum Gasteiger partial charge on any atom is 0.0585 e. The average Bonchev–Trinajstić information content (AvgIpc) is 2.91. The van der Waals surface area contributed by atoms with Crippen LogP contribution in [-0.2, 0) is 0 Å². The SMILES string of the molecule is CCNC(c1cccs1)C1CN2CCN1CC2. The molecule has 94 valence electrons. The molecule has 0 amide bonds. The van der Waals surface area contributed by atoms with E-state index < -0.39 is 0 Å². The van der Waals surface area contributed by atoms with Crippen molar-refractivity contribution in [2.75, 3.05) is 39.3 Å². The molecule has 1 aromatic rings. The van der Waals surface area contributed by atoms with Gasteiger partial charge in [0.05, 0.1) is 6.04 Å². The highest BCUT2D eigenvalue weighted by atomic mass is 32.1. The smallest absolute Gasteiger partial charge is 0.0585 e. The monoisotopic (exact) mass is 251 g/mol. The van der Waals surface area contributed by atoms with E-state index in [1.165, 1.54) is 37.6 Å². The summed E-state index contributed by atoms with van der Waals surface area (Å²) in [4.78, 5) is 6.78. The lowest BCUT2D eigenvalue weighted by Crippen LogP contribution is -2.63. The Kier molecular flexibility index (Phi) is 3.47. The summed E-state index contributed by atoms with van der Waals surface area (Å²) in [7, 11) is 0. The number of rotatable bonds is 4. The number of piperazine rings is 3. The molecule has 4 heteroatoms. The Balaban J connectivity index is 1.79. The van der Waals surface area contributed by atoms with E-state index in [1.807, 2.05) is 11.3 Å². The molecule has 3 fully saturated rings. The standard InChI is InChI=1S/C13H21N3S/c1-2-14-13(12-4-3-9-17-12)11-10-15-5-7-16(11)8-6-15/h3-4,9,11,13-14H,2,5-8,10H2,1H3. The van der Waals surface area contributed by atoms with Crippen molar-refractivity contribution in [3.63, 3.8) is 0 Å². The summed E-state index contributed by atoms with van der Waals surface area (Å²) in [5.74, 6) is 0. The molecule has 0 aromatic carbocycles.